The van der Waals surface area contributed by atoms with Crippen LogP contribution in [0.4, 0.5) is 4.39 Å². The minimum atomic E-state index is -0.880. The van der Waals surface area contributed by atoms with Crippen LogP contribution >= 0.6 is 39.1 Å². The molecule has 0 aliphatic rings. The molecule has 2 aromatic carbocycles. The highest BCUT2D eigenvalue weighted by atomic mass is 79.9. The molecule has 0 aromatic heterocycles. The van der Waals surface area contributed by atoms with Crippen LogP contribution in [0.5, 0.6) is 0 Å². The third-order valence-electron chi connectivity index (χ3n) is 2.68. The van der Waals surface area contributed by atoms with E-state index in [0.29, 0.717) is 25.6 Å². The molecule has 1 atom stereocenters. The molecule has 0 fully saturated rings. The van der Waals surface area contributed by atoms with E-state index in [0.717, 1.165) is 0 Å². The number of hydrogen-bond acceptors (Lipinski definition) is 1. The molecule has 1 nitrogen and oxygen atoms in total. The first kappa shape index (κ1) is 14.8. The Kier molecular flexibility index (Phi) is 4.85. The second kappa shape index (κ2) is 6.23. The Morgan fingerprint density at radius 3 is 2.37 bits per heavy atom. The quantitative estimate of drug-likeness (QED) is 0.797. The van der Waals surface area contributed by atoms with Gasteiger partial charge in [-0.1, -0.05) is 45.2 Å². The molecular formula is C14H10BrCl2FO. The summed E-state index contributed by atoms with van der Waals surface area (Å²) in [5.74, 6) is -0.359. The molecule has 0 amide bonds. The Morgan fingerprint density at radius 1 is 1.16 bits per heavy atom. The summed E-state index contributed by atoms with van der Waals surface area (Å²) in [6.45, 7) is 0. The first-order valence-electron chi connectivity index (χ1n) is 5.54. The minimum Gasteiger partial charge on any atom is -0.388 e. The maximum atomic E-state index is 13.3. The van der Waals surface area contributed by atoms with Crippen LogP contribution in [0.3, 0.4) is 0 Å². The predicted octanol–water partition coefficient (Wildman–Crippen LogP) is 5.17. The molecule has 100 valence electrons. The molecule has 5 heteroatoms. The number of benzene rings is 2. The van der Waals surface area contributed by atoms with Crippen LogP contribution in [-0.2, 0) is 6.42 Å². The van der Waals surface area contributed by atoms with E-state index in [2.05, 4.69) is 15.9 Å². The van der Waals surface area contributed by atoms with Gasteiger partial charge in [0.25, 0.3) is 0 Å². The second-order valence-corrected chi connectivity index (χ2v) is 5.86. The molecule has 0 bridgehead atoms. The molecule has 0 saturated heterocycles. The van der Waals surface area contributed by atoms with Crippen molar-refractivity contribution in [3.05, 3.63) is 67.9 Å². The zero-order chi connectivity index (χ0) is 14.0. The van der Waals surface area contributed by atoms with Gasteiger partial charge in [0, 0.05) is 26.5 Å². The number of rotatable bonds is 3. The second-order valence-electron chi connectivity index (χ2n) is 4.13. The van der Waals surface area contributed by atoms with Gasteiger partial charge < -0.3 is 5.11 Å². The molecule has 1 unspecified atom stereocenters. The smallest absolute Gasteiger partial charge is 0.124 e. The Bertz CT molecular complexity index is 563. The highest BCUT2D eigenvalue weighted by Crippen LogP contribution is 2.32. The lowest BCUT2D eigenvalue weighted by atomic mass is 10.0. The van der Waals surface area contributed by atoms with Crippen LogP contribution in [0.1, 0.15) is 17.2 Å². The van der Waals surface area contributed by atoms with E-state index in [4.69, 9.17) is 23.2 Å². The van der Waals surface area contributed by atoms with Gasteiger partial charge >= 0.3 is 0 Å². The van der Waals surface area contributed by atoms with Gasteiger partial charge in [-0.25, -0.2) is 4.39 Å². The number of aliphatic hydroxyl groups is 1. The van der Waals surface area contributed by atoms with Crippen molar-refractivity contribution in [2.75, 3.05) is 0 Å². The Labute approximate surface area is 129 Å². The lowest BCUT2D eigenvalue weighted by Gasteiger charge is -2.14. The van der Waals surface area contributed by atoms with Crippen molar-refractivity contribution >= 4 is 39.1 Å². The van der Waals surface area contributed by atoms with Crippen molar-refractivity contribution < 1.29 is 9.50 Å². The topological polar surface area (TPSA) is 20.2 Å². The summed E-state index contributed by atoms with van der Waals surface area (Å²) in [7, 11) is 0. The fourth-order valence-corrected chi connectivity index (χ4v) is 3.05. The molecule has 0 aliphatic heterocycles. The van der Waals surface area contributed by atoms with Crippen molar-refractivity contribution in [3.63, 3.8) is 0 Å². The van der Waals surface area contributed by atoms with E-state index < -0.39 is 6.10 Å². The summed E-state index contributed by atoms with van der Waals surface area (Å²) in [5, 5.41) is 11.0. The van der Waals surface area contributed by atoms with E-state index in [1.807, 2.05) is 0 Å². The standard InChI is InChI=1S/C14H10BrCl2FO/c15-9-4-8(5-10(18)7-9)6-13(19)14-11(16)2-1-3-12(14)17/h1-5,7,13,19H,6H2. The Morgan fingerprint density at radius 2 is 1.79 bits per heavy atom. The van der Waals surface area contributed by atoms with Gasteiger partial charge in [0.1, 0.15) is 5.82 Å². The normalized spacial score (nSPS) is 12.5. The summed E-state index contributed by atoms with van der Waals surface area (Å²) < 4.78 is 13.9. The third kappa shape index (κ3) is 3.69. The van der Waals surface area contributed by atoms with E-state index in [1.165, 1.54) is 12.1 Å². The summed E-state index contributed by atoms with van der Waals surface area (Å²) in [6, 6.07) is 9.51. The van der Waals surface area contributed by atoms with Crippen molar-refractivity contribution in [2.45, 2.75) is 12.5 Å². The molecule has 0 heterocycles. The average molecular weight is 364 g/mol. The number of aliphatic hydroxyl groups excluding tert-OH is 1. The highest BCUT2D eigenvalue weighted by Gasteiger charge is 2.16. The molecule has 0 spiro atoms. The number of halogens is 4. The summed E-state index contributed by atoms with van der Waals surface area (Å²) in [6.07, 6.45) is -0.644. The van der Waals surface area contributed by atoms with Crippen molar-refractivity contribution in [2.24, 2.45) is 0 Å². The average Bonchev–Trinajstić information content (AvgIpc) is 2.26. The third-order valence-corrected chi connectivity index (χ3v) is 3.80. The van der Waals surface area contributed by atoms with Gasteiger partial charge in [-0.3, -0.25) is 0 Å². The monoisotopic (exact) mass is 362 g/mol. The van der Waals surface area contributed by atoms with E-state index in [9.17, 15) is 9.50 Å². The van der Waals surface area contributed by atoms with E-state index in [1.54, 1.807) is 24.3 Å². The predicted molar refractivity (Wildman–Crippen MR) is 79.2 cm³/mol. The van der Waals surface area contributed by atoms with Crippen LogP contribution in [0, 0.1) is 5.82 Å². The SMILES string of the molecule is OC(Cc1cc(F)cc(Br)c1)c1c(Cl)cccc1Cl. The van der Waals surface area contributed by atoms with Crippen molar-refractivity contribution in [1.82, 2.24) is 0 Å². The van der Waals surface area contributed by atoms with Crippen molar-refractivity contribution in [3.8, 4) is 0 Å². The van der Waals surface area contributed by atoms with Crippen LogP contribution < -0.4 is 0 Å². The summed E-state index contributed by atoms with van der Waals surface area (Å²) >= 11 is 15.3. The van der Waals surface area contributed by atoms with Gasteiger partial charge in [0.05, 0.1) is 6.10 Å². The van der Waals surface area contributed by atoms with Gasteiger partial charge in [-0.2, -0.15) is 0 Å². The molecule has 0 radical (unpaired) electrons. The minimum absolute atomic E-state index is 0.236. The van der Waals surface area contributed by atoms with E-state index >= 15 is 0 Å². The van der Waals surface area contributed by atoms with Crippen LogP contribution in [0.15, 0.2) is 40.9 Å². The zero-order valence-electron chi connectivity index (χ0n) is 9.71. The zero-order valence-corrected chi connectivity index (χ0v) is 12.8. The molecule has 0 saturated carbocycles. The van der Waals surface area contributed by atoms with Gasteiger partial charge in [-0.05, 0) is 35.9 Å². The fourth-order valence-electron chi connectivity index (χ4n) is 1.88. The maximum Gasteiger partial charge on any atom is 0.124 e. The first-order valence-corrected chi connectivity index (χ1v) is 7.09. The molecule has 19 heavy (non-hydrogen) atoms. The summed E-state index contributed by atoms with van der Waals surface area (Å²) in [4.78, 5) is 0. The molecule has 2 aromatic rings. The lowest BCUT2D eigenvalue weighted by molar-refractivity contribution is 0.178. The summed E-state index contributed by atoms with van der Waals surface area (Å²) in [5.41, 5.74) is 1.13. The molecule has 2 rings (SSSR count). The first-order chi connectivity index (χ1) is 8.97. The van der Waals surface area contributed by atoms with Crippen molar-refractivity contribution in [1.29, 1.82) is 0 Å². The Hall–Kier alpha value is -0.610. The maximum absolute atomic E-state index is 13.3. The molecule has 1 N–H and O–H groups in total. The van der Waals surface area contributed by atoms with Gasteiger partial charge in [-0.15, -0.1) is 0 Å². The largest absolute Gasteiger partial charge is 0.388 e. The van der Waals surface area contributed by atoms with E-state index in [-0.39, 0.29) is 12.2 Å². The van der Waals surface area contributed by atoms with Gasteiger partial charge in [0.2, 0.25) is 0 Å². The van der Waals surface area contributed by atoms with Crippen LogP contribution in [0.2, 0.25) is 10.0 Å². The van der Waals surface area contributed by atoms with Crippen LogP contribution in [0.25, 0.3) is 0 Å². The highest BCUT2D eigenvalue weighted by molar-refractivity contribution is 9.10. The van der Waals surface area contributed by atoms with Crippen LogP contribution in [-0.4, -0.2) is 5.11 Å². The number of hydrogen-bond donors (Lipinski definition) is 1. The fraction of sp³-hybridized carbons (Fsp3) is 0.143. The lowest BCUT2D eigenvalue weighted by Crippen LogP contribution is -2.04. The van der Waals surface area contributed by atoms with Gasteiger partial charge in [0.15, 0.2) is 0 Å². The molecular weight excluding hydrogens is 354 g/mol. The molecule has 0 aliphatic carbocycles. The Balaban J connectivity index is 2.28.